The predicted octanol–water partition coefficient (Wildman–Crippen LogP) is 0.140. The normalized spacial score (nSPS) is 15.2. The molecule has 6 heteroatoms. The number of nitrogens with zero attached hydrogens (tertiary/aromatic N) is 2. The van der Waals surface area contributed by atoms with Gasteiger partial charge in [-0.1, -0.05) is 23.2 Å². The van der Waals surface area contributed by atoms with Crippen molar-refractivity contribution in [3.05, 3.63) is 11.1 Å². The van der Waals surface area contributed by atoms with Crippen LogP contribution in [0.2, 0.25) is 0 Å². The monoisotopic (exact) mass is 236 g/mol. The number of anilines is 1. The minimum atomic E-state index is -0.227. The van der Waals surface area contributed by atoms with Gasteiger partial charge in [0.2, 0.25) is 11.8 Å². The van der Waals surface area contributed by atoms with Crippen LogP contribution in [-0.2, 0) is 9.59 Å². The van der Waals surface area contributed by atoms with Gasteiger partial charge in [0.25, 0.3) is 0 Å². The second-order valence-electron chi connectivity index (χ2n) is 3.09. The highest BCUT2D eigenvalue weighted by Crippen LogP contribution is 2.26. The molecule has 0 aromatic carbocycles. The molecule has 1 N–H and O–H groups in total. The van der Waals surface area contributed by atoms with Gasteiger partial charge < -0.3 is 5.11 Å². The Balaban J connectivity index is 2.24. The van der Waals surface area contributed by atoms with Gasteiger partial charge in [-0.15, -0.1) is 0 Å². The van der Waals surface area contributed by atoms with E-state index in [0.717, 1.165) is 4.90 Å². The third kappa shape index (κ3) is 1.96. The highest BCUT2D eigenvalue weighted by molar-refractivity contribution is 7.16. The van der Waals surface area contributed by atoms with Crippen molar-refractivity contribution in [3.8, 4) is 11.8 Å². The molecule has 1 aromatic heterocycles. The lowest BCUT2D eigenvalue weighted by molar-refractivity contribution is -0.121. The Hall–Kier alpha value is -1.71. The van der Waals surface area contributed by atoms with Gasteiger partial charge >= 0.3 is 0 Å². The summed E-state index contributed by atoms with van der Waals surface area (Å²) in [7, 11) is 0. The number of aliphatic hydroxyl groups is 1. The van der Waals surface area contributed by atoms with Crippen molar-refractivity contribution in [2.75, 3.05) is 11.5 Å². The van der Waals surface area contributed by atoms with Crippen LogP contribution in [0.15, 0.2) is 6.20 Å². The van der Waals surface area contributed by atoms with E-state index in [-0.39, 0.29) is 31.3 Å². The van der Waals surface area contributed by atoms with Gasteiger partial charge in [-0.2, -0.15) is 0 Å². The summed E-state index contributed by atoms with van der Waals surface area (Å²) in [6.45, 7) is -0.227. The predicted molar refractivity (Wildman–Crippen MR) is 57.8 cm³/mol. The topological polar surface area (TPSA) is 70.5 Å². The van der Waals surface area contributed by atoms with E-state index >= 15 is 0 Å². The highest BCUT2D eigenvalue weighted by atomic mass is 32.1. The van der Waals surface area contributed by atoms with Gasteiger partial charge in [-0.3, -0.25) is 9.59 Å². The zero-order valence-electron chi connectivity index (χ0n) is 8.27. The summed E-state index contributed by atoms with van der Waals surface area (Å²) in [6, 6.07) is 0. The lowest BCUT2D eigenvalue weighted by atomic mass is 10.4. The van der Waals surface area contributed by atoms with Crippen LogP contribution in [0, 0.1) is 11.8 Å². The molecule has 16 heavy (non-hydrogen) atoms. The quantitative estimate of drug-likeness (QED) is 0.556. The average molecular weight is 236 g/mol. The van der Waals surface area contributed by atoms with Crippen LogP contribution < -0.4 is 4.90 Å². The second kappa shape index (κ2) is 4.43. The van der Waals surface area contributed by atoms with Crippen molar-refractivity contribution in [2.45, 2.75) is 12.8 Å². The molecule has 1 saturated heterocycles. The van der Waals surface area contributed by atoms with E-state index in [9.17, 15) is 9.59 Å². The molecule has 0 saturated carbocycles. The first-order chi connectivity index (χ1) is 7.72. The van der Waals surface area contributed by atoms with E-state index in [1.165, 1.54) is 17.5 Å². The molecule has 2 heterocycles. The SMILES string of the molecule is O=C1CCC(=O)N1c1ncc(C#CCO)s1. The fraction of sp³-hybridized carbons (Fsp3) is 0.300. The number of hydrogen-bond donors (Lipinski definition) is 1. The van der Waals surface area contributed by atoms with Crippen molar-refractivity contribution in [1.29, 1.82) is 0 Å². The Kier molecular flexibility index (Phi) is 2.99. The van der Waals surface area contributed by atoms with Crippen molar-refractivity contribution in [1.82, 2.24) is 4.98 Å². The molecule has 0 bridgehead atoms. The average Bonchev–Trinajstić information content (AvgIpc) is 2.83. The Morgan fingerprint density at radius 3 is 2.75 bits per heavy atom. The number of amides is 2. The minimum absolute atomic E-state index is 0.221. The van der Waals surface area contributed by atoms with Crippen LogP contribution in [-0.4, -0.2) is 28.5 Å². The van der Waals surface area contributed by atoms with Gasteiger partial charge in [0, 0.05) is 12.8 Å². The van der Waals surface area contributed by atoms with Gasteiger partial charge in [0.15, 0.2) is 5.13 Å². The molecule has 1 aromatic rings. The van der Waals surface area contributed by atoms with Crippen molar-refractivity contribution in [2.24, 2.45) is 0 Å². The standard InChI is InChI=1S/C10H8N2O3S/c13-5-1-2-7-6-11-10(16-7)12-8(14)3-4-9(12)15/h6,13H,3-5H2. The Morgan fingerprint density at radius 2 is 2.12 bits per heavy atom. The molecule has 2 amide bonds. The maximum atomic E-state index is 11.4. The summed E-state index contributed by atoms with van der Waals surface area (Å²) in [6.07, 6.45) is 1.98. The van der Waals surface area contributed by atoms with Gasteiger partial charge in [-0.25, -0.2) is 9.88 Å². The highest BCUT2D eigenvalue weighted by Gasteiger charge is 2.32. The van der Waals surface area contributed by atoms with Crippen LogP contribution in [0.5, 0.6) is 0 Å². The summed E-state index contributed by atoms with van der Waals surface area (Å²) in [5, 5.41) is 8.88. The van der Waals surface area contributed by atoms with Gasteiger partial charge in [0.05, 0.1) is 11.1 Å². The number of thiazole rings is 1. The summed E-state index contributed by atoms with van der Waals surface area (Å²) in [5.74, 6) is 4.71. The van der Waals surface area contributed by atoms with E-state index < -0.39 is 0 Å². The Labute approximate surface area is 95.7 Å². The first-order valence-corrected chi connectivity index (χ1v) is 5.45. The molecule has 5 nitrogen and oxygen atoms in total. The molecule has 1 aliphatic rings. The number of rotatable bonds is 1. The zero-order valence-corrected chi connectivity index (χ0v) is 9.08. The van der Waals surface area contributed by atoms with Crippen molar-refractivity contribution >= 4 is 28.3 Å². The molecule has 0 atom stereocenters. The fourth-order valence-corrected chi connectivity index (χ4v) is 2.17. The van der Waals surface area contributed by atoms with Crippen LogP contribution in [0.25, 0.3) is 0 Å². The van der Waals surface area contributed by atoms with Crippen LogP contribution in [0.4, 0.5) is 5.13 Å². The van der Waals surface area contributed by atoms with Crippen molar-refractivity contribution < 1.29 is 14.7 Å². The molecule has 1 fully saturated rings. The lowest BCUT2D eigenvalue weighted by Crippen LogP contribution is -2.28. The molecular formula is C10H8N2O3S. The largest absolute Gasteiger partial charge is 0.384 e. The molecular weight excluding hydrogens is 228 g/mol. The molecule has 0 aliphatic carbocycles. The van der Waals surface area contributed by atoms with E-state index in [0.29, 0.717) is 10.0 Å². The third-order valence-corrected chi connectivity index (χ3v) is 2.92. The first-order valence-electron chi connectivity index (χ1n) is 4.63. The number of imide groups is 1. The van der Waals surface area contributed by atoms with E-state index in [4.69, 9.17) is 5.11 Å². The molecule has 82 valence electrons. The number of aromatic nitrogens is 1. The number of carbonyl (C=O) groups excluding carboxylic acids is 2. The smallest absolute Gasteiger partial charge is 0.236 e. The summed E-state index contributed by atoms with van der Waals surface area (Å²) >= 11 is 1.17. The third-order valence-electron chi connectivity index (χ3n) is 2.03. The van der Waals surface area contributed by atoms with Crippen molar-refractivity contribution in [3.63, 3.8) is 0 Å². The van der Waals surface area contributed by atoms with Gasteiger partial charge in [0.1, 0.15) is 6.61 Å². The fourth-order valence-electron chi connectivity index (χ4n) is 1.34. The van der Waals surface area contributed by atoms with Gasteiger partial charge in [-0.05, 0) is 0 Å². The summed E-state index contributed by atoms with van der Waals surface area (Å²) in [4.78, 5) is 28.5. The second-order valence-corrected chi connectivity index (χ2v) is 4.10. The molecule has 0 spiro atoms. The number of aliphatic hydroxyl groups excluding tert-OH is 1. The number of hydrogen-bond acceptors (Lipinski definition) is 5. The molecule has 0 radical (unpaired) electrons. The molecule has 2 rings (SSSR count). The summed E-state index contributed by atoms with van der Waals surface area (Å²) < 4.78 is 0. The van der Waals surface area contributed by atoms with Crippen LogP contribution >= 0.6 is 11.3 Å². The lowest BCUT2D eigenvalue weighted by Gasteiger charge is -2.07. The molecule has 0 unspecified atom stereocenters. The van der Waals surface area contributed by atoms with E-state index in [1.54, 1.807) is 0 Å². The first kappa shape index (κ1) is 10.8. The Bertz CT molecular complexity index is 482. The Morgan fingerprint density at radius 1 is 1.44 bits per heavy atom. The zero-order chi connectivity index (χ0) is 11.5. The van der Waals surface area contributed by atoms with E-state index in [1.807, 2.05) is 0 Å². The maximum absolute atomic E-state index is 11.4. The number of carbonyl (C=O) groups is 2. The summed E-state index contributed by atoms with van der Waals surface area (Å²) in [5.41, 5.74) is 0. The maximum Gasteiger partial charge on any atom is 0.236 e. The van der Waals surface area contributed by atoms with E-state index in [2.05, 4.69) is 16.8 Å². The van der Waals surface area contributed by atoms with Crippen LogP contribution in [0.3, 0.4) is 0 Å². The minimum Gasteiger partial charge on any atom is -0.384 e. The van der Waals surface area contributed by atoms with Crippen LogP contribution in [0.1, 0.15) is 17.7 Å². The molecule has 1 aliphatic heterocycles.